The maximum absolute atomic E-state index is 4.10. The predicted octanol–water partition coefficient (Wildman–Crippen LogP) is 7.38. The van der Waals surface area contributed by atoms with E-state index in [9.17, 15) is 0 Å². The molecular weight excluding hydrogens is 288 g/mol. The fourth-order valence-corrected chi connectivity index (χ4v) is 3.42. The summed E-state index contributed by atoms with van der Waals surface area (Å²) in [6, 6.07) is 11.0. The zero-order valence-corrected chi connectivity index (χ0v) is 15.2. The molecular formula is C24H32. The third-order valence-corrected chi connectivity index (χ3v) is 4.95. The largest absolute Gasteiger partial charge is 0.103 e. The Balaban J connectivity index is 2.03. The minimum atomic E-state index is 0.586. The van der Waals surface area contributed by atoms with Crippen LogP contribution >= 0.6 is 0 Å². The molecule has 0 heteroatoms. The van der Waals surface area contributed by atoms with Crippen molar-refractivity contribution in [3.05, 3.63) is 84.5 Å². The van der Waals surface area contributed by atoms with Gasteiger partial charge in [0.1, 0.15) is 0 Å². The fraction of sp³-hybridized carbons (Fsp3) is 0.417. The van der Waals surface area contributed by atoms with Crippen molar-refractivity contribution in [2.24, 2.45) is 5.92 Å². The molecule has 0 amide bonds. The Bertz CT molecular complexity index is 559. The second-order valence-electron chi connectivity index (χ2n) is 6.84. The van der Waals surface area contributed by atoms with Crippen molar-refractivity contribution < 1.29 is 0 Å². The van der Waals surface area contributed by atoms with Crippen molar-refractivity contribution in [1.82, 2.24) is 0 Å². The summed E-state index contributed by atoms with van der Waals surface area (Å²) >= 11 is 0. The average molecular weight is 321 g/mol. The molecule has 0 aromatic heterocycles. The first-order chi connectivity index (χ1) is 11.8. The van der Waals surface area contributed by atoms with E-state index in [1.165, 1.54) is 43.2 Å². The Labute approximate surface area is 148 Å². The first-order valence-electron chi connectivity index (χ1n) is 9.53. The van der Waals surface area contributed by atoms with Gasteiger partial charge in [-0.05, 0) is 48.7 Å². The highest BCUT2D eigenvalue weighted by Gasteiger charge is 2.15. The van der Waals surface area contributed by atoms with E-state index in [-0.39, 0.29) is 0 Å². The van der Waals surface area contributed by atoms with Gasteiger partial charge in [0.05, 0.1) is 0 Å². The lowest BCUT2D eigenvalue weighted by atomic mass is 9.83. The Morgan fingerprint density at radius 1 is 1.12 bits per heavy atom. The lowest BCUT2D eigenvalue weighted by Crippen LogP contribution is -2.06. The second kappa shape index (κ2) is 10.9. The molecule has 0 radical (unpaired) electrons. The van der Waals surface area contributed by atoms with E-state index >= 15 is 0 Å². The van der Waals surface area contributed by atoms with Gasteiger partial charge < -0.3 is 0 Å². The van der Waals surface area contributed by atoms with E-state index in [0.717, 1.165) is 12.8 Å². The number of rotatable bonds is 10. The zero-order chi connectivity index (χ0) is 17.0. The quantitative estimate of drug-likeness (QED) is 0.312. The van der Waals surface area contributed by atoms with Crippen molar-refractivity contribution in [3.8, 4) is 0 Å². The minimum absolute atomic E-state index is 0.586. The lowest BCUT2D eigenvalue weighted by molar-refractivity contribution is 0.459. The van der Waals surface area contributed by atoms with Crippen LogP contribution in [-0.4, -0.2) is 0 Å². The number of hydrogen-bond donors (Lipinski definition) is 0. The van der Waals surface area contributed by atoms with E-state index in [1.807, 2.05) is 0 Å². The summed E-state index contributed by atoms with van der Waals surface area (Å²) in [7, 11) is 0. The highest BCUT2D eigenvalue weighted by Crippen LogP contribution is 2.31. The molecule has 0 nitrogen and oxygen atoms in total. The normalized spacial score (nSPS) is 17.8. The van der Waals surface area contributed by atoms with E-state index in [2.05, 4.69) is 80.3 Å². The first kappa shape index (κ1) is 18.5. The van der Waals surface area contributed by atoms with Gasteiger partial charge in [-0.1, -0.05) is 93.0 Å². The van der Waals surface area contributed by atoms with Crippen molar-refractivity contribution in [3.63, 3.8) is 0 Å². The van der Waals surface area contributed by atoms with Crippen LogP contribution < -0.4 is 0 Å². The van der Waals surface area contributed by atoms with Crippen molar-refractivity contribution in [1.29, 1.82) is 0 Å². The van der Waals surface area contributed by atoms with Crippen LogP contribution in [0.2, 0.25) is 0 Å². The van der Waals surface area contributed by atoms with Gasteiger partial charge in [0.15, 0.2) is 0 Å². The van der Waals surface area contributed by atoms with Crippen LogP contribution in [0.3, 0.4) is 0 Å². The molecule has 0 saturated carbocycles. The monoisotopic (exact) mass is 320 g/mol. The molecule has 0 spiro atoms. The summed E-state index contributed by atoms with van der Waals surface area (Å²) in [5, 5.41) is 0. The summed E-state index contributed by atoms with van der Waals surface area (Å²) in [5.41, 5.74) is 2.91. The SMILES string of the molecule is C=CC(CCCCC)CC(C/C=C1\C=CC=CC1)c1ccccc1. The summed E-state index contributed by atoms with van der Waals surface area (Å²) < 4.78 is 0. The molecule has 1 aromatic rings. The van der Waals surface area contributed by atoms with Gasteiger partial charge in [0, 0.05) is 0 Å². The molecule has 2 unspecified atom stereocenters. The Hall–Kier alpha value is -1.82. The number of allylic oxidation sites excluding steroid dienone is 7. The van der Waals surface area contributed by atoms with Crippen LogP contribution in [-0.2, 0) is 0 Å². The highest BCUT2D eigenvalue weighted by atomic mass is 14.2. The van der Waals surface area contributed by atoms with Gasteiger partial charge in [0.25, 0.3) is 0 Å². The summed E-state index contributed by atoms with van der Waals surface area (Å²) in [4.78, 5) is 0. The Morgan fingerprint density at radius 3 is 2.62 bits per heavy atom. The van der Waals surface area contributed by atoms with E-state index in [0.29, 0.717) is 11.8 Å². The van der Waals surface area contributed by atoms with Gasteiger partial charge >= 0.3 is 0 Å². The Kier molecular flexibility index (Phi) is 8.38. The zero-order valence-electron chi connectivity index (χ0n) is 15.2. The molecule has 0 N–H and O–H groups in total. The molecule has 1 aromatic carbocycles. The van der Waals surface area contributed by atoms with Crippen molar-refractivity contribution in [2.75, 3.05) is 0 Å². The van der Waals surface area contributed by atoms with Gasteiger partial charge in [-0.15, -0.1) is 6.58 Å². The van der Waals surface area contributed by atoms with E-state index < -0.39 is 0 Å². The highest BCUT2D eigenvalue weighted by molar-refractivity contribution is 5.30. The molecule has 0 heterocycles. The molecule has 0 bridgehead atoms. The van der Waals surface area contributed by atoms with E-state index in [4.69, 9.17) is 0 Å². The number of unbranched alkanes of at least 4 members (excludes halogenated alkanes) is 2. The van der Waals surface area contributed by atoms with Crippen LogP contribution in [0.1, 0.15) is 63.4 Å². The van der Waals surface area contributed by atoms with Crippen LogP contribution in [0.25, 0.3) is 0 Å². The molecule has 1 aliphatic rings. The average Bonchev–Trinajstić information content (AvgIpc) is 2.65. The fourth-order valence-electron chi connectivity index (χ4n) is 3.42. The van der Waals surface area contributed by atoms with Gasteiger partial charge in [-0.2, -0.15) is 0 Å². The maximum atomic E-state index is 4.10. The molecule has 128 valence electrons. The van der Waals surface area contributed by atoms with Crippen LogP contribution in [0.4, 0.5) is 0 Å². The molecule has 0 fully saturated rings. The third-order valence-electron chi connectivity index (χ3n) is 4.95. The first-order valence-corrected chi connectivity index (χ1v) is 9.53. The number of benzene rings is 1. The molecule has 2 rings (SSSR count). The second-order valence-corrected chi connectivity index (χ2v) is 6.84. The van der Waals surface area contributed by atoms with Gasteiger partial charge in [-0.25, -0.2) is 0 Å². The molecule has 2 atom stereocenters. The van der Waals surface area contributed by atoms with Crippen molar-refractivity contribution >= 4 is 0 Å². The summed E-state index contributed by atoms with van der Waals surface area (Å²) in [5.74, 6) is 1.21. The molecule has 1 aliphatic carbocycles. The third kappa shape index (κ3) is 6.35. The van der Waals surface area contributed by atoms with Gasteiger partial charge in [-0.3, -0.25) is 0 Å². The number of hydrogen-bond acceptors (Lipinski definition) is 0. The maximum Gasteiger partial charge on any atom is -0.00975 e. The Morgan fingerprint density at radius 2 is 1.96 bits per heavy atom. The molecule has 0 aliphatic heterocycles. The lowest BCUT2D eigenvalue weighted by Gasteiger charge is -2.21. The van der Waals surface area contributed by atoms with E-state index in [1.54, 1.807) is 0 Å². The van der Waals surface area contributed by atoms with Gasteiger partial charge in [0.2, 0.25) is 0 Å². The van der Waals surface area contributed by atoms with Crippen LogP contribution in [0.15, 0.2) is 78.9 Å². The molecule has 24 heavy (non-hydrogen) atoms. The summed E-state index contributed by atoms with van der Waals surface area (Å²) in [6.45, 7) is 6.37. The predicted molar refractivity (Wildman–Crippen MR) is 107 cm³/mol. The summed E-state index contributed by atoms with van der Waals surface area (Å²) in [6.07, 6.45) is 22.0. The topological polar surface area (TPSA) is 0 Å². The standard InChI is InChI=1S/C24H32/c1-3-5-8-13-21(4-2)20-24(23-16-11-7-12-17-23)19-18-22-14-9-6-10-15-22/h4,6-7,9-12,14,16-18,21,24H,2-3,5,8,13,15,19-20H2,1H3/b22-18+. The minimum Gasteiger partial charge on any atom is -0.103 e. The molecule has 0 saturated heterocycles. The van der Waals surface area contributed by atoms with Crippen LogP contribution in [0.5, 0.6) is 0 Å². The van der Waals surface area contributed by atoms with Crippen LogP contribution in [0, 0.1) is 5.92 Å². The van der Waals surface area contributed by atoms with Crippen molar-refractivity contribution in [2.45, 2.75) is 57.8 Å². The smallest absolute Gasteiger partial charge is 0.00975 e.